The van der Waals surface area contributed by atoms with Gasteiger partial charge >= 0.3 is 5.91 Å². The number of carbonyl (C=O) groups is 1. The minimum Gasteiger partial charge on any atom is -0.454 e. The Kier molecular flexibility index (Phi) is 4.24. The lowest BCUT2D eigenvalue weighted by Crippen LogP contribution is -2.44. The molecule has 106 valence electrons. The van der Waals surface area contributed by atoms with Gasteiger partial charge in [0.1, 0.15) is 5.76 Å². The third-order valence-electron chi connectivity index (χ3n) is 3.18. The van der Waals surface area contributed by atoms with E-state index >= 15 is 0 Å². The Labute approximate surface area is 112 Å². The Morgan fingerprint density at radius 3 is 2.68 bits per heavy atom. The van der Waals surface area contributed by atoms with Crippen LogP contribution in [0.1, 0.15) is 35.7 Å². The number of aryl methyl sites for hydroxylation is 1. The molecule has 3 N–H and O–H groups in total. The summed E-state index contributed by atoms with van der Waals surface area (Å²) in [4.78, 5) is 13.7. The highest BCUT2D eigenvalue weighted by molar-refractivity contribution is 5.92. The van der Waals surface area contributed by atoms with Gasteiger partial charge in [-0.05, 0) is 26.8 Å². The molecule has 1 aromatic rings. The summed E-state index contributed by atoms with van der Waals surface area (Å²) >= 11 is 0. The van der Waals surface area contributed by atoms with Gasteiger partial charge in [0.15, 0.2) is 5.76 Å². The van der Waals surface area contributed by atoms with Gasteiger partial charge in [0.2, 0.25) is 0 Å². The molecular formula is C13H21N3O3. The molecule has 0 saturated carbocycles. The molecule has 0 aromatic carbocycles. The fourth-order valence-electron chi connectivity index (χ4n) is 2.55. The van der Waals surface area contributed by atoms with Gasteiger partial charge in [-0.2, -0.15) is 0 Å². The summed E-state index contributed by atoms with van der Waals surface area (Å²) in [7, 11) is 0. The van der Waals surface area contributed by atoms with Gasteiger partial charge in [0.25, 0.3) is 0 Å². The van der Waals surface area contributed by atoms with Crippen molar-refractivity contribution in [3.8, 4) is 0 Å². The summed E-state index contributed by atoms with van der Waals surface area (Å²) < 4.78 is 11.3. The molecule has 6 nitrogen and oxygen atoms in total. The first-order valence-electron chi connectivity index (χ1n) is 6.47. The number of nitrogens with zero attached hydrogens (tertiary/aromatic N) is 1. The molecule has 19 heavy (non-hydrogen) atoms. The largest absolute Gasteiger partial charge is 0.454 e. The van der Waals surface area contributed by atoms with Gasteiger partial charge in [-0.25, -0.2) is 5.84 Å². The minimum absolute atomic E-state index is 0.214. The highest BCUT2D eigenvalue weighted by Crippen LogP contribution is 2.19. The van der Waals surface area contributed by atoms with Crippen molar-refractivity contribution < 1.29 is 13.9 Å². The van der Waals surface area contributed by atoms with Crippen LogP contribution in [0, 0.1) is 6.92 Å². The number of hydrazine groups is 1. The number of nitrogens with two attached hydrogens (primary N) is 1. The van der Waals surface area contributed by atoms with Crippen molar-refractivity contribution in [2.45, 2.75) is 39.5 Å². The number of amides is 1. The SMILES string of the molecule is Cc1cc(CN2CC(C)OC(C)C2)oc1C(=O)NN. The summed E-state index contributed by atoms with van der Waals surface area (Å²) in [6.07, 6.45) is 0.429. The molecule has 1 aliphatic heterocycles. The number of furan rings is 1. The minimum atomic E-state index is -0.396. The molecule has 0 bridgehead atoms. The van der Waals surface area contributed by atoms with Gasteiger partial charge in [0.05, 0.1) is 18.8 Å². The maximum atomic E-state index is 11.5. The van der Waals surface area contributed by atoms with Gasteiger partial charge in [-0.1, -0.05) is 0 Å². The van der Waals surface area contributed by atoms with Gasteiger partial charge < -0.3 is 9.15 Å². The average molecular weight is 267 g/mol. The second-order valence-corrected chi connectivity index (χ2v) is 5.15. The van der Waals surface area contributed by atoms with Crippen molar-refractivity contribution in [1.29, 1.82) is 0 Å². The van der Waals surface area contributed by atoms with E-state index in [1.54, 1.807) is 0 Å². The fraction of sp³-hybridized carbons (Fsp3) is 0.615. The van der Waals surface area contributed by atoms with Gasteiger partial charge in [-0.3, -0.25) is 15.1 Å². The molecule has 2 unspecified atom stereocenters. The second-order valence-electron chi connectivity index (χ2n) is 5.15. The maximum Gasteiger partial charge on any atom is 0.301 e. The topological polar surface area (TPSA) is 80.7 Å². The van der Waals surface area contributed by atoms with Crippen LogP contribution < -0.4 is 11.3 Å². The van der Waals surface area contributed by atoms with Crippen LogP contribution in [0.5, 0.6) is 0 Å². The molecule has 1 amide bonds. The number of ether oxygens (including phenoxy) is 1. The molecule has 0 radical (unpaired) electrons. The van der Waals surface area contributed by atoms with Crippen LogP contribution in [0.2, 0.25) is 0 Å². The quantitative estimate of drug-likeness (QED) is 0.481. The van der Waals surface area contributed by atoms with Crippen LogP contribution in [-0.2, 0) is 11.3 Å². The Morgan fingerprint density at radius 1 is 1.47 bits per heavy atom. The van der Waals surface area contributed by atoms with Crippen LogP contribution in [0.4, 0.5) is 0 Å². The van der Waals surface area contributed by atoms with E-state index in [1.165, 1.54) is 0 Å². The lowest BCUT2D eigenvalue weighted by molar-refractivity contribution is -0.0718. The normalized spacial score (nSPS) is 24.4. The summed E-state index contributed by atoms with van der Waals surface area (Å²) in [6, 6.07) is 1.88. The highest BCUT2D eigenvalue weighted by atomic mass is 16.5. The van der Waals surface area contributed by atoms with Gasteiger partial charge in [0, 0.05) is 18.7 Å². The van der Waals surface area contributed by atoms with E-state index in [1.807, 2.05) is 13.0 Å². The fourth-order valence-corrected chi connectivity index (χ4v) is 2.55. The molecule has 6 heteroatoms. The Hall–Kier alpha value is -1.37. The first-order valence-corrected chi connectivity index (χ1v) is 6.47. The standard InChI is InChI=1S/C13H21N3O3/c1-8-4-11(19-12(8)13(17)15-14)7-16-5-9(2)18-10(3)6-16/h4,9-10H,5-7,14H2,1-3H3,(H,15,17). The number of nitrogens with one attached hydrogen (secondary N) is 1. The molecule has 1 aliphatic rings. The summed E-state index contributed by atoms with van der Waals surface area (Å²) in [6.45, 7) is 8.36. The van der Waals surface area contributed by atoms with Crippen LogP contribution in [0.25, 0.3) is 0 Å². The third-order valence-corrected chi connectivity index (χ3v) is 3.18. The van der Waals surface area contributed by atoms with E-state index in [0.717, 1.165) is 24.4 Å². The number of morpholine rings is 1. The smallest absolute Gasteiger partial charge is 0.301 e. The first kappa shape index (κ1) is 14.0. The summed E-state index contributed by atoms with van der Waals surface area (Å²) in [5.74, 6) is 5.78. The van der Waals surface area contributed by atoms with Crippen LogP contribution in [0.15, 0.2) is 10.5 Å². The van der Waals surface area contributed by atoms with E-state index in [-0.39, 0.29) is 18.0 Å². The van der Waals surface area contributed by atoms with Crippen LogP contribution in [0.3, 0.4) is 0 Å². The second kappa shape index (κ2) is 5.73. The Balaban J connectivity index is 2.05. The molecular weight excluding hydrogens is 246 g/mol. The number of hydrogen-bond acceptors (Lipinski definition) is 5. The molecule has 0 spiro atoms. The Bertz CT molecular complexity index is 448. The predicted octanol–water partition coefficient (Wildman–Crippen LogP) is 0.801. The molecule has 2 atom stereocenters. The van der Waals surface area contributed by atoms with E-state index in [9.17, 15) is 4.79 Å². The molecule has 2 rings (SSSR count). The Morgan fingerprint density at radius 2 is 2.11 bits per heavy atom. The lowest BCUT2D eigenvalue weighted by Gasteiger charge is -2.34. The summed E-state index contributed by atoms with van der Waals surface area (Å²) in [5, 5.41) is 0. The van der Waals surface area contributed by atoms with Crippen molar-refractivity contribution in [1.82, 2.24) is 10.3 Å². The molecule has 1 saturated heterocycles. The van der Waals surface area contributed by atoms with Crippen molar-refractivity contribution in [3.63, 3.8) is 0 Å². The predicted molar refractivity (Wildman–Crippen MR) is 70.4 cm³/mol. The van der Waals surface area contributed by atoms with E-state index < -0.39 is 5.91 Å². The van der Waals surface area contributed by atoms with Crippen molar-refractivity contribution >= 4 is 5.91 Å². The highest BCUT2D eigenvalue weighted by Gasteiger charge is 2.24. The van der Waals surface area contributed by atoms with Crippen LogP contribution in [-0.4, -0.2) is 36.1 Å². The van der Waals surface area contributed by atoms with Crippen molar-refractivity contribution in [2.75, 3.05) is 13.1 Å². The zero-order valence-corrected chi connectivity index (χ0v) is 11.6. The number of hydrogen-bond donors (Lipinski definition) is 2. The van der Waals surface area contributed by atoms with E-state index in [2.05, 4.69) is 24.2 Å². The number of rotatable bonds is 3. The maximum absolute atomic E-state index is 11.5. The number of nitrogen functional groups attached to an aromatic ring is 1. The van der Waals surface area contributed by atoms with Gasteiger partial charge in [-0.15, -0.1) is 0 Å². The monoisotopic (exact) mass is 267 g/mol. The lowest BCUT2D eigenvalue weighted by atomic mass is 10.2. The summed E-state index contributed by atoms with van der Waals surface area (Å²) in [5.41, 5.74) is 2.89. The van der Waals surface area contributed by atoms with Crippen molar-refractivity contribution in [2.24, 2.45) is 5.84 Å². The molecule has 1 aromatic heterocycles. The average Bonchev–Trinajstić information content (AvgIpc) is 2.68. The zero-order chi connectivity index (χ0) is 14.0. The van der Waals surface area contributed by atoms with E-state index in [0.29, 0.717) is 6.54 Å². The van der Waals surface area contributed by atoms with Crippen molar-refractivity contribution in [3.05, 3.63) is 23.2 Å². The van der Waals surface area contributed by atoms with Crippen LogP contribution >= 0.6 is 0 Å². The molecule has 2 heterocycles. The first-order chi connectivity index (χ1) is 8.99. The molecule has 0 aliphatic carbocycles. The third kappa shape index (κ3) is 3.34. The molecule has 1 fully saturated rings. The zero-order valence-electron chi connectivity index (χ0n) is 11.6. The number of carbonyl (C=O) groups excluding carboxylic acids is 1. The van der Waals surface area contributed by atoms with E-state index in [4.69, 9.17) is 15.0 Å².